The van der Waals surface area contributed by atoms with Crippen molar-refractivity contribution in [3.8, 4) is 5.69 Å². The standard InChI is InChI=1S/C21H20FN3O4/c1-12-6-7-13(2)16(8-12)17(11-20(27)28)23-21(29)18-10-19(26)25(24-18)15-5-3-4-14(22)9-15/h3-10,17,24H,11H2,1-2H3,(H,23,29)(H,27,28). The molecule has 8 heteroatoms. The second-order valence-electron chi connectivity index (χ2n) is 6.81. The summed E-state index contributed by atoms with van der Waals surface area (Å²) < 4.78 is 14.5. The van der Waals surface area contributed by atoms with Crippen LogP contribution in [0.5, 0.6) is 0 Å². The van der Waals surface area contributed by atoms with Crippen molar-refractivity contribution in [2.75, 3.05) is 0 Å². The number of halogens is 1. The largest absolute Gasteiger partial charge is 0.481 e. The van der Waals surface area contributed by atoms with E-state index in [1.165, 1.54) is 18.2 Å². The van der Waals surface area contributed by atoms with Crippen LogP contribution >= 0.6 is 0 Å². The third-order valence-electron chi connectivity index (χ3n) is 4.53. The number of H-pyrrole nitrogens is 1. The fraction of sp³-hybridized carbons (Fsp3) is 0.190. The molecule has 7 nitrogen and oxygen atoms in total. The summed E-state index contributed by atoms with van der Waals surface area (Å²) in [7, 11) is 0. The van der Waals surface area contributed by atoms with Gasteiger partial charge in [0.2, 0.25) is 0 Å². The molecule has 0 aliphatic rings. The van der Waals surface area contributed by atoms with Crippen LogP contribution in [0.25, 0.3) is 5.69 Å². The van der Waals surface area contributed by atoms with Gasteiger partial charge in [-0.1, -0.05) is 29.8 Å². The van der Waals surface area contributed by atoms with Gasteiger partial charge in [-0.25, -0.2) is 9.07 Å². The molecule has 0 aliphatic carbocycles. The maximum absolute atomic E-state index is 13.4. The van der Waals surface area contributed by atoms with Gasteiger partial charge in [0.15, 0.2) is 0 Å². The van der Waals surface area contributed by atoms with Crippen molar-refractivity contribution in [1.29, 1.82) is 0 Å². The highest BCUT2D eigenvalue weighted by Gasteiger charge is 2.22. The number of hydrogen-bond donors (Lipinski definition) is 3. The van der Waals surface area contributed by atoms with E-state index in [9.17, 15) is 23.9 Å². The van der Waals surface area contributed by atoms with Crippen molar-refractivity contribution in [3.05, 3.63) is 87.1 Å². The Balaban J connectivity index is 1.91. The zero-order valence-electron chi connectivity index (χ0n) is 15.9. The van der Waals surface area contributed by atoms with Crippen LogP contribution in [0, 0.1) is 19.7 Å². The molecular formula is C21H20FN3O4. The fourth-order valence-electron chi connectivity index (χ4n) is 3.10. The second-order valence-corrected chi connectivity index (χ2v) is 6.81. The molecule has 1 amide bonds. The number of aliphatic carboxylic acids is 1. The Bertz CT molecular complexity index is 1130. The molecule has 1 aromatic heterocycles. The SMILES string of the molecule is Cc1ccc(C)c(C(CC(=O)O)NC(=O)c2cc(=O)n(-c3cccc(F)c3)[nH]2)c1. The Morgan fingerprint density at radius 1 is 1.17 bits per heavy atom. The number of carbonyl (C=O) groups is 2. The molecule has 0 saturated heterocycles. The molecule has 1 unspecified atom stereocenters. The molecule has 29 heavy (non-hydrogen) atoms. The number of aromatic nitrogens is 2. The van der Waals surface area contributed by atoms with Gasteiger partial charge < -0.3 is 10.4 Å². The Morgan fingerprint density at radius 2 is 1.93 bits per heavy atom. The first kappa shape index (κ1) is 20.1. The molecule has 3 rings (SSSR count). The van der Waals surface area contributed by atoms with Gasteiger partial charge in [0, 0.05) is 6.07 Å². The van der Waals surface area contributed by atoms with E-state index in [2.05, 4.69) is 10.4 Å². The number of carbonyl (C=O) groups excluding carboxylic acids is 1. The number of aromatic amines is 1. The second kappa shape index (κ2) is 8.14. The van der Waals surface area contributed by atoms with Gasteiger partial charge >= 0.3 is 5.97 Å². The molecule has 0 fully saturated rings. The lowest BCUT2D eigenvalue weighted by atomic mass is 9.96. The molecule has 1 heterocycles. The van der Waals surface area contributed by atoms with E-state index in [0.717, 1.165) is 27.9 Å². The van der Waals surface area contributed by atoms with E-state index in [1.54, 1.807) is 0 Å². The van der Waals surface area contributed by atoms with Crippen LogP contribution in [0.4, 0.5) is 4.39 Å². The van der Waals surface area contributed by atoms with E-state index < -0.39 is 29.3 Å². The van der Waals surface area contributed by atoms with E-state index in [-0.39, 0.29) is 17.8 Å². The summed E-state index contributed by atoms with van der Waals surface area (Å²) in [6, 6.07) is 11.2. The molecule has 3 aromatic rings. The van der Waals surface area contributed by atoms with Crippen LogP contribution in [0.3, 0.4) is 0 Å². The number of nitrogens with zero attached hydrogens (tertiary/aromatic N) is 1. The lowest BCUT2D eigenvalue weighted by Crippen LogP contribution is -2.31. The third kappa shape index (κ3) is 4.60. The molecule has 1 atom stereocenters. The predicted octanol–water partition coefficient (Wildman–Crippen LogP) is 2.87. The number of rotatable bonds is 6. The lowest BCUT2D eigenvalue weighted by Gasteiger charge is -2.19. The first-order chi connectivity index (χ1) is 13.7. The van der Waals surface area contributed by atoms with E-state index in [4.69, 9.17) is 0 Å². The van der Waals surface area contributed by atoms with E-state index in [1.807, 2.05) is 32.0 Å². The molecule has 0 aliphatic heterocycles. The van der Waals surface area contributed by atoms with Crippen LogP contribution in [0.1, 0.15) is 39.6 Å². The van der Waals surface area contributed by atoms with Gasteiger partial charge in [0.25, 0.3) is 11.5 Å². The number of carboxylic acids is 1. The first-order valence-electron chi connectivity index (χ1n) is 8.92. The Labute approximate surface area is 165 Å². The van der Waals surface area contributed by atoms with Gasteiger partial charge in [0.1, 0.15) is 11.5 Å². The number of nitrogens with one attached hydrogen (secondary N) is 2. The number of aryl methyl sites for hydroxylation is 2. The van der Waals surface area contributed by atoms with E-state index in [0.29, 0.717) is 5.56 Å². The molecule has 3 N–H and O–H groups in total. The minimum atomic E-state index is -1.07. The molecule has 0 saturated carbocycles. The first-order valence-corrected chi connectivity index (χ1v) is 8.92. The summed E-state index contributed by atoms with van der Waals surface area (Å²) in [6.45, 7) is 3.71. The Hall–Kier alpha value is -3.68. The van der Waals surface area contributed by atoms with Crippen LogP contribution in [-0.4, -0.2) is 26.8 Å². The summed E-state index contributed by atoms with van der Waals surface area (Å²) in [5.41, 5.74) is 2.11. The number of carboxylic acid groups (broad SMARTS) is 1. The van der Waals surface area contributed by atoms with Gasteiger partial charge in [-0.2, -0.15) is 0 Å². The van der Waals surface area contributed by atoms with Gasteiger partial charge in [-0.15, -0.1) is 0 Å². The highest BCUT2D eigenvalue weighted by Crippen LogP contribution is 2.23. The number of hydrogen-bond acceptors (Lipinski definition) is 3. The molecule has 0 spiro atoms. The summed E-state index contributed by atoms with van der Waals surface area (Å²) in [5.74, 6) is -2.22. The van der Waals surface area contributed by atoms with Gasteiger partial charge in [-0.05, 0) is 43.2 Å². The minimum absolute atomic E-state index is 0.0556. The monoisotopic (exact) mass is 397 g/mol. The third-order valence-corrected chi connectivity index (χ3v) is 4.53. The lowest BCUT2D eigenvalue weighted by molar-refractivity contribution is -0.137. The van der Waals surface area contributed by atoms with Crippen molar-refractivity contribution < 1.29 is 19.1 Å². The highest BCUT2D eigenvalue weighted by molar-refractivity contribution is 5.92. The Kier molecular flexibility index (Phi) is 5.63. The maximum atomic E-state index is 13.4. The molecule has 0 radical (unpaired) electrons. The van der Waals surface area contributed by atoms with Crippen molar-refractivity contribution in [1.82, 2.24) is 15.1 Å². The molecule has 150 valence electrons. The van der Waals surface area contributed by atoms with Crippen molar-refractivity contribution in [3.63, 3.8) is 0 Å². The van der Waals surface area contributed by atoms with Crippen LogP contribution < -0.4 is 10.9 Å². The van der Waals surface area contributed by atoms with Gasteiger partial charge in [-0.3, -0.25) is 19.5 Å². The molecule has 2 aromatic carbocycles. The average molecular weight is 397 g/mol. The fourth-order valence-corrected chi connectivity index (χ4v) is 3.10. The maximum Gasteiger partial charge on any atom is 0.305 e. The van der Waals surface area contributed by atoms with Crippen LogP contribution in [0.2, 0.25) is 0 Å². The number of benzene rings is 2. The number of amides is 1. The van der Waals surface area contributed by atoms with E-state index >= 15 is 0 Å². The predicted molar refractivity (Wildman–Crippen MR) is 105 cm³/mol. The molecular weight excluding hydrogens is 377 g/mol. The van der Waals surface area contributed by atoms with Crippen LogP contribution in [0.15, 0.2) is 53.3 Å². The quantitative estimate of drug-likeness (QED) is 0.595. The summed E-state index contributed by atoms with van der Waals surface area (Å²) in [4.78, 5) is 36.3. The zero-order chi connectivity index (χ0) is 21.1. The smallest absolute Gasteiger partial charge is 0.305 e. The highest BCUT2D eigenvalue weighted by atomic mass is 19.1. The topological polar surface area (TPSA) is 104 Å². The van der Waals surface area contributed by atoms with Gasteiger partial charge in [0.05, 0.1) is 18.2 Å². The molecule has 0 bridgehead atoms. The summed E-state index contributed by atoms with van der Waals surface area (Å²) in [6.07, 6.45) is -0.315. The van der Waals surface area contributed by atoms with Crippen molar-refractivity contribution in [2.24, 2.45) is 0 Å². The zero-order valence-corrected chi connectivity index (χ0v) is 15.9. The minimum Gasteiger partial charge on any atom is -0.481 e. The normalized spacial score (nSPS) is 11.8. The average Bonchev–Trinajstić information content (AvgIpc) is 3.05. The summed E-state index contributed by atoms with van der Waals surface area (Å²) in [5, 5.41) is 14.6. The van der Waals surface area contributed by atoms with Crippen molar-refractivity contribution in [2.45, 2.75) is 26.3 Å². The summed E-state index contributed by atoms with van der Waals surface area (Å²) >= 11 is 0. The van der Waals surface area contributed by atoms with Crippen LogP contribution in [-0.2, 0) is 4.79 Å². The Morgan fingerprint density at radius 3 is 2.62 bits per heavy atom. The van der Waals surface area contributed by atoms with Crippen molar-refractivity contribution >= 4 is 11.9 Å².